The van der Waals surface area contributed by atoms with Gasteiger partial charge in [0.05, 0.1) is 11.8 Å². The van der Waals surface area contributed by atoms with Crippen LogP contribution in [0, 0.1) is 11.8 Å². The average molecular weight is 162 g/mol. The molecule has 1 aromatic rings. The summed E-state index contributed by atoms with van der Waals surface area (Å²) in [5.74, 6) is 5.01. The van der Waals surface area contributed by atoms with Gasteiger partial charge in [0.1, 0.15) is 0 Å². The van der Waals surface area contributed by atoms with Gasteiger partial charge in [-0.05, 0) is 12.3 Å². The standard InChI is InChI=1S/C9H10N2O/c1-2-5-11-8-9(7-10-11)4-3-6-12/h6-8H,2,5H2,1H3. The lowest BCUT2D eigenvalue weighted by atomic mass is 10.4. The molecule has 3 heteroatoms. The van der Waals surface area contributed by atoms with Gasteiger partial charge in [0.15, 0.2) is 6.29 Å². The molecule has 0 aliphatic rings. The van der Waals surface area contributed by atoms with Gasteiger partial charge in [0.25, 0.3) is 0 Å². The largest absolute Gasteiger partial charge is 0.289 e. The summed E-state index contributed by atoms with van der Waals surface area (Å²) >= 11 is 0. The smallest absolute Gasteiger partial charge is 0.193 e. The maximum absolute atomic E-state index is 9.91. The second-order valence-electron chi connectivity index (χ2n) is 2.38. The monoisotopic (exact) mass is 162 g/mol. The lowest BCUT2D eigenvalue weighted by Crippen LogP contribution is -1.95. The quantitative estimate of drug-likeness (QED) is 0.477. The van der Waals surface area contributed by atoms with Gasteiger partial charge < -0.3 is 0 Å². The van der Waals surface area contributed by atoms with E-state index in [0.29, 0.717) is 6.29 Å². The Bertz CT molecular complexity index is 317. The van der Waals surface area contributed by atoms with Crippen LogP contribution in [-0.4, -0.2) is 16.1 Å². The third kappa shape index (κ3) is 2.24. The van der Waals surface area contributed by atoms with E-state index in [0.717, 1.165) is 18.5 Å². The number of carbonyl (C=O) groups excluding carboxylic acids is 1. The van der Waals surface area contributed by atoms with Gasteiger partial charge in [0, 0.05) is 12.7 Å². The molecule has 0 saturated carbocycles. The minimum Gasteiger partial charge on any atom is -0.289 e. The fourth-order valence-electron chi connectivity index (χ4n) is 0.892. The maximum Gasteiger partial charge on any atom is 0.193 e. The molecule has 0 radical (unpaired) electrons. The van der Waals surface area contributed by atoms with E-state index in [4.69, 9.17) is 0 Å². The lowest BCUT2D eigenvalue weighted by Gasteiger charge is -1.93. The van der Waals surface area contributed by atoms with Crippen molar-refractivity contribution in [2.24, 2.45) is 0 Å². The van der Waals surface area contributed by atoms with Gasteiger partial charge in [-0.2, -0.15) is 5.10 Å². The number of hydrogen-bond donors (Lipinski definition) is 0. The summed E-state index contributed by atoms with van der Waals surface area (Å²) in [6.07, 6.45) is 5.12. The van der Waals surface area contributed by atoms with Gasteiger partial charge in [-0.15, -0.1) is 0 Å². The van der Waals surface area contributed by atoms with E-state index >= 15 is 0 Å². The molecule has 1 aromatic heterocycles. The summed E-state index contributed by atoms with van der Waals surface area (Å²) in [7, 11) is 0. The molecule has 0 atom stereocenters. The highest BCUT2D eigenvalue weighted by Gasteiger charge is 1.92. The first-order valence-electron chi connectivity index (χ1n) is 3.84. The van der Waals surface area contributed by atoms with E-state index in [-0.39, 0.29) is 0 Å². The van der Waals surface area contributed by atoms with Crippen molar-refractivity contribution in [3.8, 4) is 11.8 Å². The summed E-state index contributed by atoms with van der Waals surface area (Å²) in [5.41, 5.74) is 0.788. The van der Waals surface area contributed by atoms with Crippen LogP contribution >= 0.6 is 0 Å². The molecule has 0 unspecified atom stereocenters. The van der Waals surface area contributed by atoms with Crippen LogP contribution in [0.4, 0.5) is 0 Å². The van der Waals surface area contributed by atoms with Gasteiger partial charge in [0.2, 0.25) is 0 Å². The molecule has 0 aliphatic heterocycles. The molecule has 0 N–H and O–H groups in total. The molecule has 12 heavy (non-hydrogen) atoms. The zero-order valence-electron chi connectivity index (χ0n) is 6.95. The summed E-state index contributed by atoms with van der Waals surface area (Å²) < 4.78 is 1.81. The Morgan fingerprint density at radius 2 is 2.58 bits per heavy atom. The summed E-state index contributed by atoms with van der Waals surface area (Å²) in [4.78, 5) is 9.91. The van der Waals surface area contributed by atoms with E-state index in [1.807, 2.05) is 10.9 Å². The molecule has 0 saturated heterocycles. The highest BCUT2D eigenvalue weighted by molar-refractivity contribution is 5.73. The fourth-order valence-corrected chi connectivity index (χ4v) is 0.892. The normalized spacial score (nSPS) is 8.75. The van der Waals surface area contributed by atoms with Crippen LogP contribution in [0.2, 0.25) is 0 Å². The molecule has 0 bridgehead atoms. The number of aromatic nitrogens is 2. The fraction of sp³-hybridized carbons (Fsp3) is 0.333. The number of aldehydes is 1. The summed E-state index contributed by atoms with van der Waals surface area (Å²) in [5, 5.41) is 4.06. The number of rotatable bonds is 2. The molecule has 1 heterocycles. The molecule has 0 aliphatic carbocycles. The SMILES string of the molecule is CCCn1cc(C#CC=O)cn1. The average Bonchev–Trinajstić information content (AvgIpc) is 2.50. The summed E-state index contributed by atoms with van der Waals surface area (Å²) in [6.45, 7) is 2.97. The van der Waals surface area contributed by atoms with E-state index in [9.17, 15) is 4.79 Å². The van der Waals surface area contributed by atoms with Crippen LogP contribution < -0.4 is 0 Å². The zero-order chi connectivity index (χ0) is 8.81. The predicted molar refractivity (Wildman–Crippen MR) is 45.5 cm³/mol. The van der Waals surface area contributed by atoms with Crippen molar-refractivity contribution >= 4 is 6.29 Å². The molecular formula is C9H10N2O. The van der Waals surface area contributed by atoms with E-state index in [1.165, 1.54) is 0 Å². The van der Waals surface area contributed by atoms with Gasteiger partial charge in [-0.25, -0.2) is 0 Å². The van der Waals surface area contributed by atoms with Crippen LogP contribution in [0.15, 0.2) is 12.4 Å². The predicted octanol–water partition coefficient (Wildman–Crippen LogP) is 0.843. The van der Waals surface area contributed by atoms with Crippen molar-refractivity contribution in [1.29, 1.82) is 0 Å². The minimum atomic E-state index is 0.581. The van der Waals surface area contributed by atoms with Crippen molar-refractivity contribution in [2.75, 3.05) is 0 Å². The Kier molecular flexibility index (Phi) is 3.09. The molecule has 1 rings (SSSR count). The van der Waals surface area contributed by atoms with Crippen LogP contribution in [0.25, 0.3) is 0 Å². The van der Waals surface area contributed by atoms with E-state index in [1.54, 1.807) is 6.20 Å². The number of aryl methyl sites for hydroxylation is 1. The van der Waals surface area contributed by atoms with E-state index < -0.39 is 0 Å². The Balaban J connectivity index is 2.70. The molecule has 0 amide bonds. The van der Waals surface area contributed by atoms with Crippen LogP contribution in [0.5, 0.6) is 0 Å². The highest BCUT2D eigenvalue weighted by atomic mass is 16.1. The van der Waals surface area contributed by atoms with Crippen LogP contribution in [0.3, 0.4) is 0 Å². The Morgan fingerprint density at radius 3 is 3.25 bits per heavy atom. The first-order valence-corrected chi connectivity index (χ1v) is 3.84. The van der Waals surface area contributed by atoms with Crippen molar-refractivity contribution < 1.29 is 4.79 Å². The lowest BCUT2D eigenvalue weighted by molar-refractivity contribution is -0.103. The Morgan fingerprint density at radius 1 is 1.75 bits per heavy atom. The third-order valence-corrected chi connectivity index (χ3v) is 1.36. The first kappa shape index (κ1) is 8.54. The zero-order valence-corrected chi connectivity index (χ0v) is 6.95. The number of carbonyl (C=O) groups is 1. The molecule has 3 nitrogen and oxygen atoms in total. The van der Waals surface area contributed by atoms with Crippen LogP contribution in [-0.2, 0) is 11.3 Å². The summed E-state index contributed by atoms with van der Waals surface area (Å²) in [6, 6.07) is 0. The van der Waals surface area contributed by atoms with Crippen molar-refractivity contribution in [2.45, 2.75) is 19.9 Å². The second-order valence-corrected chi connectivity index (χ2v) is 2.38. The van der Waals surface area contributed by atoms with Gasteiger partial charge in [-0.3, -0.25) is 9.48 Å². The van der Waals surface area contributed by atoms with Gasteiger partial charge in [-0.1, -0.05) is 12.8 Å². The number of hydrogen-bond acceptors (Lipinski definition) is 2. The first-order chi connectivity index (χ1) is 5.86. The van der Waals surface area contributed by atoms with Gasteiger partial charge >= 0.3 is 0 Å². The van der Waals surface area contributed by atoms with Crippen molar-refractivity contribution in [3.63, 3.8) is 0 Å². The highest BCUT2D eigenvalue weighted by Crippen LogP contribution is 1.95. The third-order valence-electron chi connectivity index (χ3n) is 1.36. The minimum absolute atomic E-state index is 0.581. The van der Waals surface area contributed by atoms with Crippen molar-refractivity contribution in [1.82, 2.24) is 9.78 Å². The van der Waals surface area contributed by atoms with Crippen molar-refractivity contribution in [3.05, 3.63) is 18.0 Å². The van der Waals surface area contributed by atoms with E-state index in [2.05, 4.69) is 23.9 Å². The topological polar surface area (TPSA) is 34.9 Å². The molecule has 0 aromatic carbocycles. The Hall–Kier alpha value is -1.56. The Labute approximate surface area is 71.4 Å². The second kappa shape index (κ2) is 4.35. The molecule has 0 spiro atoms. The molecule has 62 valence electrons. The number of nitrogens with zero attached hydrogens (tertiary/aromatic N) is 2. The molecular weight excluding hydrogens is 152 g/mol. The molecule has 0 fully saturated rings. The maximum atomic E-state index is 9.91. The van der Waals surface area contributed by atoms with Crippen LogP contribution in [0.1, 0.15) is 18.9 Å².